The summed E-state index contributed by atoms with van der Waals surface area (Å²) in [5.74, 6) is 0.525. The van der Waals surface area contributed by atoms with Crippen molar-refractivity contribution < 1.29 is 14.3 Å². The molecule has 4 heteroatoms. The second kappa shape index (κ2) is 7.14. The van der Waals surface area contributed by atoms with Gasteiger partial charge >= 0.3 is 5.97 Å². The van der Waals surface area contributed by atoms with Crippen molar-refractivity contribution in [2.45, 2.75) is 32.1 Å². The molecule has 1 atom stereocenters. The van der Waals surface area contributed by atoms with E-state index >= 15 is 0 Å². The Balaban J connectivity index is 3.10. The van der Waals surface area contributed by atoms with Crippen molar-refractivity contribution in [3.63, 3.8) is 0 Å². The average Bonchev–Trinajstić information content (AvgIpc) is 2.45. The summed E-state index contributed by atoms with van der Waals surface area (Å²) < 4.78 is 10.4. The van der Waals surface area contributed by atoms with Gasteiger partial charge in [-0.3, -0.25) is 4.79 Å². The largest absolute Gasteiger partial charge is 0.497 e. The molecule has 0 heterocycles. The highest BCUT2D eigenvalue weighted by atomic mass is 16.5. The summed E-state index contributed by atoms with van der Waals surface area (Å²) in [7, 11) is 1.61. The first kappa shape index (κ1) is 15.5. The fourth-order valence-electron chi connectivity index (χ4n) is 2.08. The number of nitrogens with two attached hydrogens (primary N) is 1. The van der Waals surface area contributed by atoms with E-state index in [1.165, 1.54) is 0 Å². The Morgan fingerprint density at radius 2 is 2.16 bits per heavy atom. The first-order valence-corrected chi connectivity index (χ1v) is 6.60. The van der Waals surface area contributed by atoms with E-state index in [0.29, 0.717) is 19.6 Å². The standard InChI is InChI=1S/C15H23NO3/c1-4-19-14(17)15(2,9-6-10-16)12-7-5-8-13(11-12)18-3/h5,7-8,11H,4,6,9-10,16H2,1-3H3. The fourth-order valence-corrected chi connectivity index (χ4v) is 2.08. The Morgan fingerprint density at radius 1 is 1.42 bits per heavy atom. The van der Waals surface area contributed by atoms with Crippen LogP contribution in [0.4, 0.5) is 0 Å². The highest BCUT2D eigenvalue weighted by Gasteiger charge is 2.36. The van der Waals surface area contributed by atoms with E-state index in [1.54, 1.807) is 7.11 Å². The van der Waals surface area contributed by atoms with Gasteiger partial charge in [-0.1, -0.05) is 12.1 Å². The maximum Gasteiger partial charge on any atom is 0.316 e. The molecule has 0 spiro atoms. The van der Waals surface area contributed by atoms with Gasteiger partial charge in [-0.05, 0) is 50.9 Å². The minimum atomic E-state index is -0.677. The molecule has 106 valence electrons. The molecule has 0 saturated carbocycles. The zero-order valence-corrected chi connectivity index (χ0v) is 11.9. The van der Waals surface area contributed by atoms with Crippen molar-refractivity contribution in [2.75, 3.05) is 20.3 Å². The van der Waals surface area contributed by atoms with Crippen LogP contribution in [0.3, 0.4) is 0 Å². The first-order valence-electron chi connectivity index (χ1n) is 6.60. The second-order valence-electron chi connectivity index (χ2n) is 4.68. The third kappa shape index (κ3) is 3.70. The van der Waals surface area contributed by atoms with E-state index < -0.39 is 5.41 Å². The van der Waals surface area contributed by atoms with Crippen LogP contribution in [0.15, 0.2) is 24.3 Å². The highest BCUT2D eigenvalue weighted by molar-refractivity contribution is 5.82. The molecule has 0 aliphatic heterocycles. The molecule has 19 heavy (non-hydrogen) atoms. The first-order chi connectivity index (χ1) is 9.08. The number of rotatable bonds is 7. The lowest BCUT2D eigenvalue weighted by molar-refractivity contribution is -0.149. The lowest BCUT2D eigenvalue weighted by Crippen LogP contribution is -2.35. The number of carbonyl (C=O) groups excluding carboxylic acids is 1. The third-order valence-electron chi connectivity index (χ3n) is 3.31. The van der Waals surface area contributed by atoms with E-state index in [1.807, 2.05) is 38.1 Å². The van der Waals surface area contributed by atoms with Gasteiger partial charge in [0.15, 0.2) is 0 Å². The summed E-state index contributed by atoms with van der Waals surface area (Å²) in [6, 6.07) is 7.55. The number of hydrogen-bond acceptors (Lipinski definition) is 4. The molecule has 1 aromatic carbocycles. The minimum absolute atomic E-state index is 0.211. The van der Waals surface area contributed by atoms with Crippen LogP contribution in [0.2, 0.25) is 0 Å². The summed E-state index contributed by atoms with van der Waals surface area (Å²) in [5, 5.41) is 0. The number of hydrogen-bond donors (Lipinski definition) is 1. The molecule has 0 aliphatic carbocycles. The molecule has 4 nitrogen and oxygen atoms in total. The third-order valence-corrected chi connectivity index (χ3v) is 3.31. The van der Waals surface area contributed by atoms with E-state index in [-0.39, 0.29) is 5.97 Å². The predicted octanol–water partition coefficient (Wildman–Crippen LogP) is 2.25. The van der Waals surface area contributed by atoms with Gasteiger partial charge in [0, 0.05) is 0 Å². The summed E-state index contributed by atoms with van der Waals surface area (Å²) in [5.41, 5.74) is 5.79. The molecule has 0 radical (unpaired) electrons. The second-order valence-corrected chi connectivity index (χ2v) is 4.68. The Kier molecular flexibility index (Phi) is 5.83. The van der Waals surface area contributed by atoms with Crippen molar-refractivity contribution in [2.24, 2.45) is 5.73 Å². The van der Waals surface area contributed by atoms with Crippen LogP contribution in [0, 0.1) is 0 Å². The van der Waals surface area contributed by atoms with E-state index in [9.17, 15) is 4.79 Å². The predicted molar refractivity (Wildman–Crippen MR) is 75.3 cm³/mol. The quantitative estimate of drug-likeness (QED) is 0.768. The van der Waals surface area contributed by atoms with E-state index in [4.69, 9.17) is 15.2 Å². The molecular weight excluding hydrogens is 242 g/mol. The van der Waals surface area contributed by atoms with Crippen molar-refractivity contribution in [1.82, 2.24) is 0 Å². The zero-order chi connectivity index (χ0) is 14.3. The Labute approximate surface area is 114 Å². The molecule has 0 aliphatic rings. The number of carbonyl (C=O) groups is 1. The molecule has 0 fully saturated rings. The van der Waals surface area contributed by atoms with Gasteiger partial charge in [-0.25, -0.2) is 0 Å². The van der Waals surface area contributed by atoms with E-state index in [0.717, 1.165) is 17.7 Å². The van der Waals surface area contributed by atoms with Gasteiger partial charge in [0.1, 0.15) is 5.75 Å². The number of esters is 1. The monoisotopic (exact) mass is 265 g/mol. The number of benzene rings is 1. The van der Waals surface area contributed by atoms with E-state index in [2.05, 4.69) is 0 Å². The normalized spacial score (nSPS) is 13.7. The van der Waals surface area contributed by atoms with Crippen molar-refractivity contribution in [3.8, 4) is 5.75 Å². The van der Waals surface area contributed by atoms with Gasteiger partial charge in [0.2, 0.25) is 0 Å². The van der Waals surface area contributed by atoms with Gasteiger partial charge in [0.05, 0.1) is 19.1 Å². The maximum absolute atomic E-state index is 12.3. The van der Waals surface area contributed by atoms with Gasteiger partial charge in [0.25, 0.3) is 0 Å². The minimum Gasteiger partial charge on any atom is -0.497 e. The smallest absolute Gasteiger partial charge is 0.316 e. The van der Waals surface area contributed by atoms with Crippen molar-refractivity contribution >= 4 is 5.97 Å². The lowest BCUT2D eigenvalue weighted by Gasteiger charge is -2.28. The fraction of sp³-hybridized carbons (Fsp3) is 0.533. The van der Waals surface area contributed by atoms with Gasteiger partial charge in [-0.2, -0.15) is 0 Å². The van der Waals surface area contributed by atoms with Crippen LogP contribution in [0.25, 0.3) is 0 Å². The molecule has 0 aromatic heterocycles. The van der Waals surface area contributed by atoms with Gasteiger partial charge < -0.3 is 15.2 Å². The molecule has 1 unspecified atom stereocenters. The summed E-state index contributed by atoms with van der Waals surface area (Å²) >= 11 is 0. The molecule has 2 N–H and O–H groups in total. The Morgan fingerprint density at radius 3 is 2.74 bits per heavy atom. The Hall–Kier alpha value is -1.55. The van der Waals surface area contributed by atoms with Crippen LogP contribution in [-0.4, -0.2) is 26.2 Å². The van der Waals surface area contributed by atoms with Crippen LogP contribution in [0.1, 0.15) is 32.3 Å². The van der Waals surface area contributed by atoms with Gasteiger partial charge in [-0.15, -0.1) is 0 Å². The topological polar surface area (TPSA) is 61.5 Å². The zero-order valence-electron chi connectivity index (χ0n) is 11.9. The van der Waals surface area contributed by atoms with Crippen LogP contribution >= 0.6 is 0 Å². The molecule has 1 aromatic rings. The average molecular weight is 265 g/mol. The molecule has 0 saturated heterocycles. The molecule has 1 rings (SSSR count). The molecular formula is C15H23NO3. The SMILES string of the molecule is CCOC(=O)C(C)(CCCN)c1cccc(OC)c1. The van der Waals surface area contributed by atoms with Crippen LogP contribution in [0.5, 0.6) is 5.75 Å². The Bertz CT molecular complexity index is 420. The van der Waals surface area contributed by atoms with Crippen molar-refractivity contribution in [1.29, 1.82) is 0 Å². The van der Waals surface area contributed by atoms with Crippen LogP contribution in [-0.2, 0) is 14.9 Å². The number of methoxy groups -OCH3 is 1. The summed E-state index contributed by atoms with van der Waals surface area (Å²) in [6.07, 6.45) is 1.43. The molecule has 0 amide bonds. The molecule has 0 bridgehead atoms. The highest BCUT2D eigenvalue weighted by Crippen LogP contribution is 2.32. The lowest BCUT2D eigenvalue weighted by atomic mass is 9.78. The maximum atomic E-state index is 12.3. The van der Waals surface area contributed by atoms with Crippen LogP contribution < -0.4 is 10.5 Å². The summed E-state index contributed by atoms with van der Waals surface area (Å²) in [6.45, 7) is 4.64. The number of ether oxygens (including phenoxy) is 2. The van der Waals surface area contributed by atoms with Crippen molar-refractivity contribution in [3.05, 3.63) is 29.8 Å². The summed E-state index contributed by atoms with van der Waals surface area (Å²) in [4.78, 5) is 12.3.